The molecule has 0 radical (unpaired) electrons. The van der Waals surface area contributed by atoms with Gasteiger partial charge >= 0.3 is 0 Å². The number of fused-ring (bicyclic) bond motifs is 2. The van der Waals surface area contributed by atoms with E-state index in [1.807, 2.05) is 68.4 Å². The van der Waals surface area contributed by atoms with Crippen LogP contribution in [0.3, 0.4) is 0 Å². The fraction of sp³-hybridized carbons (Fsp3) is 0.158. The number of hydrogen-bond donors (Lipinski definition) is 0. The molecule has 2 heterocycles. The number of para-hydroxylation sites is 1. The summed E-state index contributed by atoms with van der Waals surface area (Å²) in [7, 11) is 0. The van der Waals surface area contributed by atoms with Crippen LogP contribution in [-0.2, 0) is 0 Å². The number of aliphatic imine (C=N–C) groups is 1. The Morgan fingerprint density at radius 1 is 1.08 bits per heavy atom. The number of hydrogen-bond acceptors (Lipinski definition) is 3. The van der Waals surface area contributed by atoms with Crippen molar-refractivity contribution in [3.05, 3.63) is 75.5 Å². The van der Waals surface area contributed by atoms with Crippen LogP contribution in [0.5, 0.6) is 5.75 Å². The van der Waals surface area contributed by atoms with E-state index in [4.69, 9.17) is 4.74 Å². The Morgan fingerprint density at radius 3 is 2.71 bits per heavy atom. The van der Waals surface area contributed by atoms with Crippen molar-refractivity contribution < 1.29 is 9.47 Å². The normalized spacial score (nSPS) is 15.5. The molecule has 0 aliphatic carbocycles. The third-order valence-corrected chi connectivity index (χ3v) is 4.47. The first-order valence-corrected chi connectivity index (χ1v) is 8.44. The Hall–Kier alpha value is -2.40. The Kier molecular flexibility index (Phi) is 3.35. The highest BCUT2D eigenvalue weighted by Gasteiger charge is 2.32. The van der Waals surface area contributed by atoms with E-state index in [-0.39, 0.29) is 0 Å². The van der Waals surface area contributed by atoms with Crippen molar-refractivity contribution in [3.63, 3.8) is 0 Å². The van der Waals surface area contributed by atoms with E-state index < -0.39 is 5.72 Å². The lowest BCUT2D eigenvalue weighted by Gasteiger charge is -2.29. The maximum Gasteiger partial charge on any atom is 0.243 e. The molecule has 4 nitrogen and oxygen atoms in total. The zero-order valence-corrected chi connectivity index (χ0v) is 14.9. The molecule has 2 aromatic carbocycles. The summed E-state index contributed by atoms with van der Waals surface area (Å²) in [4.78, 5) is 4.69. The highest BCUT2D eigenvalue weighted by Crippen LogP contribution is 2.34. The maximum absolute atomic E-state index is 12.9. The largest absolute Gasteiger partial charge is 0.618 e. The Bertz CT molecular complexity index is 996. The number of pyridine rings is 1. The lowest BCUT2D eigenvalue weighted by molar-refractivity contribution is -0.578. The van der Waals surface area contributed by atoms with Gasteiger partial charge in [-0.3, -0.25) is 0 Å². The Balaban J connectivity index is 2.00. The first-order valence-electron chi connectivity index (χ1n) is 7.65. The molecular formula is C19H15BrN2O2. The molecule has 5 heteroatoms. The predicted molar refractivity (Wildman–Crippen MR) is 97.4 cm³/mol. The number of benzene rings is 2. The van der Waals surface area contributed by atoms with Crippen LogP contribution in [-0.4, -0.2) is 11.4 Å². The molecule has 1 aromatic heterocycles. The average molecular weight is 383 g/mol. The van der Waals surface area contributed by atoms with Crippen LogP contribution in [0.25, 0.3) is 10.9 Å². The number of nitrogens with zero attached hydrogens (tertiary/aromatic N) is 2. The minimum Gasteiger partial charge on any atom is -0.618 e. The van der Waals surface area contributed by atoms with Gasteiger partial charge in [0.2, 0.25) is 11.2 Å². The van der Waals surface area contributed by atoms with Crippen LogP contribution in [0.15, 0.2) is 64.1 Å². The number of aromatic nitrogens is 1. The fourth-order valence-corrected chi connectivity index (χ4v) is 3.31. The van der Waals surface area contributed by atoms with Gasteiger partial charge in [0.05, 0.1) is 5.56 Å². The monoisotopic (exact) mass is 382 g/mol. The summed E-state index contributed by atoms with van der Waals surface area (Å²) < 4.78 is 7.79. The zero-order chi connectivity index (χ0) is 16.9. The van der Waals surface area contributed by atoms with Crippen molar-refractivity contribution in [1.29, 1.82) is 0 Å². The summed E-state index contributed by atoms with van der Waals surface area (Å²) in [6, 6.07) is 17.0. The summed E-state index contributed by atoms with van der Waals surface area (Å²) in [5.74, 6) is 0.723. The van der Waals surface area contributed by atoms with Crippen LogP contribution >= 0.6 is 15.9 Å². The molecule has 1 aliphatic rings. The predicted octanol–water partition coefficient (Wildman–Crippen LogP) is 4.20. The molecule has 0 saturated heterocycles. The molecule has 120 valence electrons. The van der Waals surface area contributed by atoms with Crippen LogP contribution in [0, 0.1) is 5.21 Å². The molecule has 0 spiro atoms. The van der Waals surface area contributed by atoms with Crippen molar-refractivity contribution in [2.24, 2.45) is 4.99 Å². The Labute approximate surface area is 148 Å². The van der Waals surface area contributed by atoms with Crippen molar-refractivity contribution in [1.82, 2.24) is 0 Å². The van der Waals surface area contributed by atoms with E-state index >= 15 is 0 Å². The van der Waals surface area contributed by atoms with Crippen molar-refractivity contribution in [2.45, 2.75) is 19.6 Å². The lowest BCUT2D eigenvalue weighted by atomic mass is 10.0. The zero-order valence-electron chi connectivity index (χ0n) is 13.3. The van der Waals surface area contributed by atoms with Gasteiger partial charge in [-0.2, -0.15) is 4.73 Å². The summed E-state index contributed by atoms with van der Waals surface area (Å²) >= 11 is 3.48. The quantitative estimate of drug-likeness (QED) is 0.467. The minimum absolute atomic E-state index is 0.518. The molecular weight excluding hydrogens is 368 g/mol. The number of halogens is 1. The number of ether oxygens (including phenoxy) is 1. The van der Waals surface area contributed by atoms with Crippen molar-refractivity contribution in [3.8, 4) is 5.75 Å². The van der Waals surface area contributed by atoms with Gasteiger partial charge < -0.3 is 9.94 Å². The highest BCUT2D eigenvalue weighted by molar-refractivity contribution is 9.10. The first kappa shape index (κ1) is 15.1. The first-order chi connectivity index (χ1) is 11.4. The van der Waals surface area contributed by atoms with Gasteiger partial charge in [-0.05, 0) is 44.2 Å². The van der Waals surface area contributed by atoms with Crippen LogP contribution < -0.4 is 9.47 Å². The standard InChI is InChI=1S/C19H15BrN2O2/c1-19(2)21-18(14-11-13(20)8-10-17(14)24-19)16-9-7-12-5-3-4-6-15(12)22(16)23/h3-11H,1-2H3. The molecule has 0 amide bonds. The van der Waals surface area contributed by atoms with E-state index in [9.17, 15) is 5.21 Å². The average Bonchev–Trinajstić information content (AvgIpc) is 2.55. The third kappa shape index (κ3) is 2.45. The third-order valence-electron chi connectivity index (χ3n) is 3.98. The fourth-order valence-electron chi connectivity index (χ4n) is 2.95. The second kappa shape index (κ2) is 5.31. The summed E-state index contributed by atoms with van der Waals surface area (Å²) in [5, 5.41) is 13.8. The van der Waals surface area contributed by atoms with Crippen LogP contribution in [0.4, 0.5) is 0 Å². The molecule has 1 aliphatic heterocycles. The van der Waals surface area contributed by atoms with Gasteiger partial charge in [0.25, 0.3) is 0 Å². The Morgan fingerprint density at radius 2 is 1.88 bits per heavy atom. The highest BCUT2D eigenvalue weighted by atomic mass is 79.9. The molecule has 0 N–H and O–H groups in total. The maximum atomic E-state index is 12.9. The number of rotatable bonds is 1. The van der Waals surface area contributed by atoms with E-state index in [0.29, 0.717) is 16.9 Å². The van der Waals surface area contributed by atoms with Gasteiger partial charge in [-0.25, -0.2) is 4.99 Å². The summed E-state index contributed by atoms with van der Waals surface area (Å²) in [5.41, 5.74) is 1.87. The second-order valence-corrected chi connectivity index (χ2v) is 7.14. The van der Waals surface area contributed by atoms with Crippen LogP contribution in [0.1, 0.15) is 25.1 Å². The molecule has 0 atom stereocenters. The van der Waals surface area contributed by atoms with E-state index in [2.05, 4.69) is 20.9 Å². The van der Waals surface area contributed by atoms with Gasteiger partial charge in [-0.1, -0.05) is 28.1 Å². The van der Waals surface area contributed by atoms with E-state index in [0.717, 1.165) is 25.9 Å². The van der Waals surface area contributed by atoms with Gasteiger partial charge in [0.1, 0.15) is 11.5 Å². The molecule has 0 bridgehead atoms. The molecule has 4 rings (SSSR count). The molecule has 3 aromatic rings. The molecule has 0 fully saturated rings. The van der Waals surface area contributed by atoms with Crippen molar-refractivity contribution >= 4 is 32.5 Å². The van der Waals surface area contributed by atoms with Gasteiger partial charge in [0.15, 0.2) is 5.72 Å². The molecule has 24 heavy (non-hydrogen) atoms. The smallest absolute Gasteiger partial charge is 0.243 e. The van der Waals surface area contributed by atoms with Gasteiger partial charge in [0, 0.05) is 22.0 Å². The summed E-state index contributed by atoms with van der Waals surface area (Å²) in [6.07, 6.45) is 0. The van der Waals surface area contributed by atoms with Gasteiger partial charge in [-0.15, -0.1) is 0 Å². The summed E-state index contributed by atoms with van der Waals surface area (Å²) in [6.45, 7) is 3.77. The minimum atomic E-state index is -0.727. The topological polar surface area (TPSA) is 48.5 Å². The second-order valence-electron chi connectivity index (χ2n) is 6.22. The van der Waals surface area contributed by atoms with E-state index in [1.165, 1.54) is 0 Å². The molecule has 0 unspecified atom stereocenters. The van der Waals surface area contributed by atoms with Crippen LogP contribution in [0.2, 0.25) is 0 Å². The SMILES string of the molecule is CC1(C)N=C(c2ccc3ccccc3[n+]2[O-])c2cc(Br)ccc2O1. The molecule has 0 saturated carbocycles. The lowest BCUT2D eigenvalue weighted by Crippen LogP contribution is -2.40. The van der Waals surface area contributed by atoms with Crippen molar-refractivity contribution in [2.75, 3.05) is 0 Å². The van der Waals surface area contributed by atoms with E-state index in [1.54, 1.807) is 0 Å².